The van der Waals surface area contributed by atoms with Crippen molar-refractivity contribution in [1.29, 1.82) is 0 Å². The third kappa shape index (κ3) is 2.51. The van der Waals surface area contributed by atoms with Gasteiger partial charge in [0.05, 0.1) is 17.8 Å². The van der Waals surface area contributed by atoms with Gasteiger partial charge in [-0.25, -0.2) is 0 Å². The SMILES string of the molecule is COc1ccc(NCc2coc3ccccc23)cc1Br. The Bertz CT molecular complexity index is 736. The minimum Gasteiger partial charge on any atom is -0.496 e. The summed E-state index contributed by atoms with van der Waals surface area (Å²) in [6.45, 7) is 0.718. The van der Waals surface area contributed by atoms with Crippen LogP contribution in [-0.4, -0.2) is 7.11 Å². The number of rotatable bonds is 4. The van der Waals surface area contributed by atoms with Crippen molar-refractivity contribution >= 4 is 32.6 Å². The second-order valence-corrected chi connectivity index (χ2v) is 5.31. The van der Waals surface area contributed by atoms with E-state index >= 15 is 0 Å². The molecule has 4 heteroatoms. The summed E-state index contributed by atoms with van der Waals surface area (Å²) in [5, 5.41) is 4.53. The van der Waals surface area contributed by atoms with Gasteiger partial charge < -0.3 is 14.5 Å². The first kappa shape index (κ1) is 13.1. The molecule has 0 atom stereocenters. The highest BCUT2D eigenvalue weighted by Gasteiger charge is 2.05. The highest BCUT2D eigenvalue weighted by molar-refractivity contribution is 9.10. The molecule has 3 rings (SSSR count). The summed E-state index contributed by atoms with van der Waals surface area (Å²) >= 11 is 3.48. The highest BCUT2D eigenvalue weighted by atomic mass is 79.9. The Morgan fingerprint density at radius 1 is 1.20 bits per heavy atom. The zero-order valence-corrected chi connectivity index (χ0v) is 12.6. The molecule has 0 fully saturated rings. The first-order valence-electron chi connectivity index (χ1n) is 6.30. The molecule has 3 nitrogen and oxygen atoms in total. The lowest BCUT2D eigenvalue weighted by molar-refractivity contribution is 0.412. The van der Waals surface area contributed by atoms with Crippen LogP contribution >= 0.6 is 15.9 Å². The van der Waals surface area contributed by atoms with Gasteiger partial charge in [-0.3, -0.25) is 0 Å². The number of ether oxygens (including phenoxy) is 1. The molecule has 1 heterocycles. The smallest absolute Gasteiger partial charge is 0.134 e. The van der Waals surface area contributed by atoms with Crippen molar-refractivity contribution in [2.75, 3.05) is 12.4 Å². The molecule has 0 unspecified atom stereocenters. The summed E-state index contributed by atoms with van der Waals surface area (Å²) in [4.78, 5) is 0. The van der Waals surface area contributed by atoms with Gasteiger partial charge in [-0.2, -0.15) is 0 Å². The monoisotopic (exact) mass is 331 g/mol. The van der Waals surface area contributed by atoms with E-state index in [4.69, 9.17) is 9.15 Å². The van der Waals surface area contributed by atoms with Crippen molar-refractivity contribution in [2.45, 2.75) is 6.54 Å². The second-order valence-electron chi connectivity index (χ2n) is 4.46. The van der Waals surface area contributed by atoms with Gasteiger partial charge in [-0.15, -0.1) is 0 Å². The molecule has 3 aromatic rings. The van der Waals surface area contributed by atoms with Crippen molar-refractivity contribution in [3.8, 4) is 5.75 Å². The average Bonchev–Trinajstić information content (AvgIpc) is 2.88. The maximum absolute atomic E-state index is 5.53. The number of benzene rings is 2. The van der Waals surface area contributed by atoms with Crippen molar-refractivity contribution < 1.29 is 9.15 Å². The lowest BCUT2D eigenvalue weighted by Gasteiger charge is -2.08. The Labute approximate surface area is 125 Å². The predicted molar refractivity (Wildman–Crippen MR) is 84.2 cm³/mol. The maximum atomic E-state index is 5.53. The molecule has 1 N–H and O–H groups in total. The molecule has 0 aliphatic heterocycles. The predicted octanol–water partition coefficient (Wildman–Crippen LogP) is 4.82. The van der Waals surface area contributed by atoms with Crippen LogP contribution in [0.25, 0.3) is 11.0 Å². The third-order valence-electron chi connectivity index (χ3n) is 3.20. The van der Waals surface area contributed by atoms with E-state index in [0.717, 1.165) is 39.0 Å². The summed E-state index contributed by atoms with van der Waals surface area (Å²) in [7, 11) is 1.66. The van der Waals surface area contributed by atoms with E-state index in [1.807, 2.05) is 36.4 Å². The van der Waals surface area contributed by atoms with Crippen LogP contribution < -0.4 is 10.1 Å². The number of nitrogens with one attached hydrogen (secondary N) is 1. The summed E-state index contributed by atoms with van der Waals surface area (Å²) < 4.78 is 11.7. The first-order valence-corrected chi connectivity index (χ1v) is 7.10. The number of methoxy groups -OCH3 is 1. The third-order valence-corrected chi connectivity index (χ3v) is 3.82. The average molecular weight is 332 g/mol. The summed E-state index contributed by atoms with van der Waals surface area (Å²) in [5.41, 5.74) is 3.09. The normalized spacial score (nSPS) is 10.7. The molecule has 0 saturated heterocycles. The molecular formula is C16H14BrNO2. The quantitative estimate of drug-likeness (QED) is 0.744. The number of hydrogen-bond donors (Lipinski definition) is 1. The Kier molecular flexibility index (Phi) is 3.65. The lowest BCUT2D eigenvalue weighted by atomic mass is 10.2. The fourth-order valence-corrected chi connectivity index (χ4v) is 2.68. The summed E-state index contributed by atoms with van der Waals surface area (Å²) in [6.07, 6.45) is 1.80. The number of para-hydroxylation sites is 1. The van der Waals surface area contributed by atoms with Crippen LogP contribution in [0.15, 0.2) is 57.6 Å². The minimum absolute atomic E-state index is 0.718. The van der Waals surface area contributed by atoms with E-state index in [0.29, 0.717) is 0 Å². The van der Waals surface area contributed by atoms with Crippen LogP contribution in [0.2, 0.25) is 0 Å². The standard InChI is InChI=1S/C16H14BrNO2/c1-19-16-7-6-12(8-14(16)17)18-9-11-10-20-15-5-3-2-4-13(11)15/h2-8,10,18H,9H2,1H3. The van der Waals surface area contributed by atoms with Gasteiger partial charge in [0.25, 0.3) is 0 Å². The number of hydrogen-bond acceptors (Lipinski definition) is 3. The summed E-state index contributed by atoms with van der Waals surface area (Å²) in [5.74, 6) is 0.823. The van der Waals surface area contributed by atoms with Crippen LogP contribution in [0.4, 0.5) is 5.69 Å². The number of fused-ring (bicyclic) bond motifs is 1. The van der Waals surface area contributed by atoms with Crippen LogP contribution in [0.1, 0.15) is 5.56 Å². The zero-order valence-electron chi connectivity index (χ0n) is 11.0. The lowest BCUT2D eigenvalue weighted by Crippen LogP contribution is -1.98. The van der Waals surface area contributed by atoms with Gasteiger partial charge in [0, 0.05) is 23.2 Å². The number of anilines is 1. The van der Waals surface area contributed by atoms with Crippen LogP contribution in [0.3, 0.4) is 0 Å². The molecule has 102 valence electrons. The molecule has 0 spiro atoms. The van der Waals surface area contributed by atoms with Gasteiger partial charge in [0.15, 0.2) is 0 Å². The Balaban J connectivity index is 1.78. The Morgan fingerprint density at radius 3 is 2.85 bits per heavy atom. The fraction of sp³-hybridized carbons (Fsp3) is 0.125. The molecule has 2 aromatic carbocycles. The van der Waals surface area contributed by atoms with Crippen LogP contribution in [0, 0.1) is 0 Å². The van der Waals surface area contributed by atoms with Crippen LogP contribution in [0.5, 0.6) is 5.75 Å². The molecule has 0 aliphatic carbocycles. The molecule has 0 saturated carbocycles. The number of furan rings is 1. The second kappa shape index (κ2) is 5.59. The van der Waals surface area contributed by atoms with Gasteiger partial charge >= 0.3 is 0 Å². The topological polar surface area (TPSA) is 34.4 Å². The summed E-state index contributed by atoms with van der Waals surface area (Å²) in [6, 6.07) is 14.0. The maximum Gasteiger partial charge on any atom is 0.134 e. The van der Waals surface area contributed by atoms with E-state index in [-0.39, 0.29) is 0 Å². The van der Waals surface area contributed by atoms with Crippen molar-refractivity contribution in [1.82, 2.24) is 0 Å². The molecule has 0 radical (unpaired) electrons. The van der Waals surface area contributed by atoms with E-state index < -0.39 is 0 Å². The largest absolute Gasteiger partial charge is 0.496 e. The molecule has 20 heavy (non-hydrogen) atoms. The number of halogens is 1. The molecule has 0 amide bonds. The Morgan fingerprint density at radius 2 is 2.05 bits per heavy atom. The molecule has 1 aromatic heterocycles. The first-order chi connectivity index (χ1) is 9.78. The van der Waals surface area contributed by atoms with Gasteiger partial charge in [0.2, 0.25) is 0 Å². The molecular weight excluding hydrogens is 318 g/mol. The van der Waals surface area contributed by atoms with E-state index in [1.165, 1.54) is 0 Å². The minimum atomic E-state index is 0.718. The van der Waals surface area contributed by atoms with E-state index in [2.05, 4.69) is 27.3 Å². The zero-order chi connectivity index (χ0) is 13.9. The highest BCUT2D eigenvalue weighted by Crippen LogP contribution is 2.28. The molecule has 0 aliphatic rings. The van der Waals surface area contributed by atoms with Crippen molar-refractivity contribution in [3.63, 3.8) is 0 Å². The van der Waals surface area contributed by atoms with Crippen LogP contribution in [-0.2, 0) is 6.54 Å². The fourth-order valence-electron chi connectivity index (χ4n) is 2.14. The van der Waals surface area contributed by atoms with E-state index in [9.17, 15) is 0 Å². The van der Waals surface area contributed by atoms with Gasteiger partial charge in [0.1, 0.15) is 11.3 Å². The Hall–Kier alpha value is -1.94. The van der Waals surface area contributed by atoms with Crippen molar-refractivity contribution in [2.24, 2.45) is 0 Å². The van der Waals surface area contributed by atoms with E-state index in [1.54, 1.807) is 13.4 Å². The van der Waals surface area contributed by atoms with Crippen molar-refractivity contribution in [3.05, 3.63) is 58.8 Å². The van der Waals surface area contributed by atoms with Gasteiger partial charge in [-0.1, -0.05) is 18.2 Å². The molecule has 0 bridgehead atoms. The van der Waals surface area contributed by atoms with Gasteiger partial charge in [-0.05, 0) is 40.2 Å².